The summed E-state index contributed by atoms with van der Waals surface area (Å²) < 4.78 is 5.49. The zero-order valence-corrected chi connectivity index (χ0v) is 12.2. The smallest absolute Gasteiger partial charge is 0.204 e. The third-order valence-electron chi connectivity index (χ3n) is 3.45. The van der Waals surface area contributed by atoms with Crippen LogP contribution in [0.4, 0.5) is 11.6 Å². The Bertz CT molecular complexity index is 423. The van der Waals surface area contributed by atoms with Crippen LogP contribution in [0.25, 0.3) is 0 Å². The maximum absolute atomic E-state index is 5.49. The molecule has 19 heavy (non-hydrogen) atoms. The molecule has 0 amide bonds. The largest absolute Gasteiger partial charge is 0.490 e. The van der Waals surface area contributed by atoms with Crippen LogP contribution in [0.1, 0.15) is 12.8 Å². The van der Waals surface area contributed by atoms with Gasteiger partial charge in [-0.1, -0.05) is 0 Å². The average molecular weight is 265 g/mol. The van der Waals surface area contributed by atoms with Crippen molar-refractivity contribution in [1.82, 2.24) is 14.9 Å². The van der Waals surface area contributed by atoms with E-state index in [0.29, 0.717) is 6.04 Å². The fourth-order valence-corrected chi connectivity index (χ4v) is 2.66. The van der Waals surface area contributed by atoms with Crippen LogP contribution in [0.2, 0.25) is 0 Å². The molecule has 0 aromatic carbocycles. The Balaban J connectivity index is 2.29. The molecule has 1 saturated heterocycles. The van der Waals surface area contributed by atoms with E-state index >= 15 is 0 Å². The minimum absolute atomic E-state index is 0.489. The van der Waals surface area contributed by atoms with Crippen LogP contribution < -0.4 is 15.0 Å². The van der Waals surface area contributed by atoms with Gasteiger partial charge in [0.2, 0.25) is 5.75 Å². The summed E-state index contributed by atoms with van der Waals surface area (Å²) >= 11 is 0. The molecule has 0 radical (unpaired) electrons. The number of nitrogens with one attached hydrogen (secondary N) is 1. The van der Waals surface area contributed by atoms with E-state index in [1.54, 1.807) is 13.4 Å². The zero-order valence-electron chi connectivity index (χ0n) is 12.2. The standard InChI is InChI=1S/C13H23N5O/c1-14-12-11(19-4)13(16-9-15-12)18-7-5-6-10(18)8-17(2)3/h9-10H,5-8H2,1-4H3,(H,14,15,16). The van der Waals surface area contributed by atoms with Crippen molar-refractivity contribution in [3.63, 3.8) is 0 Å². The minimum Gasteiger partial charge on any atom is -0.490 e. The number of aromatic nitrogens is 2. The molecular formula is C13H23N5O. The van der Waals surface area contributed by atoms with E-state index in [1.165, 1.54) is 12.8 Å². The number of hydrogen-bond donors (Lipinski definition) is 1. The lowest BCUT2D eigenvalue weighted by molar-refractivity contribution is 0.368. The lowest BCUT2D eigenvalue weighted by atomic mass is 10.2. The Morgan fingerprint density at radius 2 is 2.26 bits per heavy atom. The van der Waals surface area contributed by atoms with Crippen LogP contribution >= 0.6 is 0 Å². The van der Waals surface area contributed by atoms with E-state index < -0.39 is 0 Å². The minimum atomic E-state index is 0.489. The average Bonchev–Trinajstić information content (AvgIpc) is 2.84. The second-order valence-corrected chi connectivity index (χ2v) is 5.08. The molecule has 0 saturated carbocycles. The molecule has 1 N–H and O–H groups in total. The second kappa shape index (κ2) is 6.06. The summed E-state index contributed by atoms with van der Waals surface area (Å²) in [6, 6.07) is 0.489. The molecule has 2 rings (SSSR count). The van der Waals surface area contributed by atoms with Gasteiger partial charge in [0.05, 0.1) is 7.11 Å². The van der Waals surface area contributed by atoms with Crippen molar-refractivity contribution in [3.05, 3.63) is 6.33 Å². The molecule has 2 heterocycles. The third kappa shape index (κ3) is 2.89. The van der Waals surface area contributed by atoms with Gasteiger partial charge >= 0.3 is 0 Å². The first-order valence-corrected chi connectivity index (χ1v) is 6.65. The monoisotopic (exact) mass is 265 g/mol. The lowest BCUT2D eigenvalue weighted by Gasteiger charge is -2.29. The fourth-order valence-electron chi connectivity index (χ4n) is 2.66. The van der Waals surface area contributed by atoms with E-state index in [0.717, 1.165) is 30.5 Å². The Labute approximate surface area is 114 Å². The summed E-state index contributed by atoms with van der Waals surface area (Å²) in [5.74, 6) is 2.37. The number of anilines is 2. The molecule has 1 aliphatic heterocycles. The van der Waals surface area contributed by atoms with Gasteiger partial charge in [-0.2, -0.15) is 0 Å². The van der Waals surface area contributed by atoms with Crippen LogP contribution in [-0.4, -0.2) is 62.3 Å². The Hall–Kier alpha value is -1.56. The highest BCUT2D eigenvalue weighted by atomic mass is 16.5. The van der Waals surface area contributed by atoms with Gasteiger partial charge in [-0.25, -0.2) is 9.97 Å². The summed E-state index contributed by atoms with van der Waals surface area (Å²) in [6.07, 6.45) is 3.98. The predicted octanol–water partition coefficient (Wildman–Crippen LogP) is 1.06. The van der Waals surface area contributed by atoms with Gasteiger partial charge in [0.1, 0.15) is 6.33 Å². The Morgan fingerprint density at radius 3 is 2.89 bits per heavy atom. The van der Waals surface area contributed by atoms with Crippen molar-refractivity contribution in [2.75, 3.05) is 51.6 Å². The van der Waals surface area contributed by atoms with Gasteiger partial charge in [-0.15, -0.1) is 0 Å². The van der Waals surface area contributed by atoms with Gasteiger partial charge in [-0.3, -0.25) is 0 Å². The SMILES string of the molecule is CNc1ncnc(N2CCCC2CN(C)C)c1OC. The van der Waals surface area contributed by atoms with Crippen molar-refractivity contribution in [3.8, 4) is 5.75 Å². The molecule has 6 nitrogen and oxygen atoms in total. The van der Waals surface area contributed by atoms with Gasteiger partial charge in [-0.05, 0) is 26.9 Å². The van der Waals surface area contributed by atoms with Crippen LogP contribution in [0.5, 0.6) is 5.75 Å². The summed E-state index contributed by atoms with van der Waals surface area (Å²) in [6.45, 7) is 2.05. The van der Waals surface area contributed by atoms with E-state index in [9.17, 15) is 0 Å². The number of methoxy groups -OCH3 is 1. The Kier molecular flexibility index (Phi) is 4.42. The molecule has 1 aromatic rings. The first-order chi connectivity index (χ1) is 9.17. The maximum atomic E-state index is 5.49. The predicted molar refractivity (Wildman–Crippen MR) is 77.1 cm³/mol. The van der Waals surface area contributed by atoms with Crippen molar-refractivity contribution < 1.29 is 4.74 Å². The highest BCUT2D eigenvalue weighted by molar-refractivity contribution is 5.65. The summed E-state index contributed by atoms with van der Waals surface area (Å²) in [7, 11) is 7.72. The van der Waals surface area contributed by atoms with E-state index in [2.05, 4.69) is 39.2 Å². The summed E-state index contributed by atoms with van der Waals surface area (Å²) in [4.78, 5) is 13.2. The molecule has 106 valence electrons. The van der Waals surface area contributed by atoms with E-state index in [1.807, 2.05) is 7.05 Å². The highest BCUT2D eigenvalue weighted by Gasteiger charge is 2.29. The number of rotatable bonds is 5. The molecule has 6 heteroatoms. The molecular weight excluding hydrogens is 242 g/mol. The van der Waals surface area contributed by atoms with Crippen LogP contribution in [-0.2, 0) is 0 Å². The first kappa shape index (κ1) is 13.9. The molecule has 1 atom stereocenters. The molecule has 1 aromatic heterocycles. The summed E-state index contributed by atoms with van der Waals surface area (Å²) in [5.41, 5.74) is 0. The van der Waals surface area contributed by atoms with Crippen molar-refractivity contribution in [2.45, 2.75) is 18.9 Å². The summed E-state index contributed by atoms with van der Waals surface area (Å²) in [5, 5.41) is 3.05. The molecule has 1 aliphatic rings. The topological polar surface area (TPSA) is 53.5 Å². The van der Waals surface area contributed by atoms with Gasteiger partial charge in [0, 0.05) is 26.2 Å². The highest BCUT2D eigenvalue weighted by Crippen LogP contribution is 2.35. The van der Waals surface area contributed by atoms with E-state index in [4.69, 9.17) is 4.74 Å². The van der Waals surface area contributed by atoms with Crippen molar-refractivity contribution in [2.24, 2.45) is 0 Å². The van der Waals surface area contributed by atoms with Crippen LogP contribution in [0.3, 0.4) is 0 Å². The molecule has 0 aliphatic carbocycles. The quantitative estimate of drug-likeness (QED) is 0.859. The van der Waals surface area contributed by atoms with Gasteiger partial charge in [0.25, 0.3) is 0 Å². The second-order valence-electron chi connectivity index (χ2n) is 5.08. The first-order valence-electron chi connectivity index (χ1n) is 6.65. The van der Waals surface area contributed by atoms with Crippen LogP contribution in [0, 0.1) is 0 Å². The third-order valence-corrected chi connectivity index (χ3v) is 3.45. The van der Waals surface area contributed by atoms with E-state index in [-0.39, 0.29) is 0 Å². The number of likely N-dealkylation sites (N-methyl/N-ethyl adjacent to an activating group) is 1. The van der Waals surface area contributed by atoms with Crippen molar-refractivity contribution in [1.29, 1.82) is 0 Å². The number of ether oxygens (including phenoxy) is 1. The number of nitrogens with zero attached hydrogens (tertiary/aromatic N) is 4. The lowest BCUT2D eigenvalue weighted by Crippen LogP contribution is -2.38. The Morgan fingerprint density at radius 1 is 1.47 bits per heavy atom. The molecule has 0 spiro atoms. The fraction of sp³-hybridized carbons (Fsp3) is 0.692. The van der Waals surface area contributed by atoms with Gasteiger partial charge in [0.15, 0.2) is 11.6 Å². The number of hydrogen-bond acceptors (Lipinski definition) is 6. The molecule has 1 unspecified atom stereocenters. The normalized spacial score (nSPS) is 19.0. The maximum Gasteiger partial charge on any atom is 0.204 e. The van der Waals surface area contributed by atoms with Crippen LogP contribution in [0.15, 0.2) is 6.33 Å². The van der Waals surface area contributed by atoms with Crippen molar-refractivity contribution >= 4 is 11.6 Å². The zero-order chi connectivity index (χ0) is 13.8. The molecule has 1 fully saturated rings. The van der Waals surface area contributed by atoms with Gasteiger partial charge < -0.3 is 19.9 Å². The molecule has 0 bridgehead atoms.